The quantitative estimate of drug-likeness (QED) is 0.322. The summed E-state index contributed by atoms with van der Waals surface area (Å²) >= 11 is 0. The van der Waals surface area contributed by atoms with Crippen LogP contribution >= 0.6 is 0 Å². The van der Waals surface area contributed by atoms with Crippen molar-refractivity contribution in [1.29, 1.82) is 0 Å². The average molecular weight is 305 g/mol. The summed E-state index contributed by atoms with van der Waals surface area (Å²) in [5, 5.41) is 0. The smallest absolute Gasteiger partial charge is 0.223 e. The van der Waals surface area contributed by atoms with E-state index in [1.54, 1.807) is 6.08 Å². The standard InChI is InChI=1S/C19H31NO2/c1-3-5-7-8-10-16-20-17(13-15-19(20)22)12-14-18(21)11-9-6-4-2/h8,10,12,14,17H,3-7,9,11,13,15-16H2,1-2H3/b10-8?,14-12+. The van der Waals surface area contributed by atoms with Gasteiger partial charge in [-0.3, -0.25) is 9.59 Å². The normalized spacial score (nSPS) is 18.9. The van der Waals surface area contributed by atoms with Gasteiger partial charge in [0.1, 0.15) is 0 Å². The van der Waals surface area contributed by atoms with Crippen LogP contribution in [0, 0.1) is 0 Å². The summed E-state index contributed by atoms with van der Waals surface area (Å²) in [6.45, 7) is 4.98. The summed E-state index contributed by atoms with van der Waals surface area (Å²) in [6, 6.07) is 0.0958. The van der Waals surface area contributed by atoms with Gasteiger partial charge in [-0.05, 0) is 25.3 Å². The fraction of sp³-hybridized carbons (Fsp3) is 0.684. The average Bonchev–Trinajstić information content (AvgIpc) is 2.86. The van der Waals surface area contributed by atoms with Gasteiger partial charge in [-0.1, -0.05) is 57.8 Å². The van der Waals surface area contributed by atoms with Gasteiger partial charge < -0.3 is 4.90 Å². The van der Waals surface area contributed by atoms with E-state index in [1.807, 2.05) is 11.0 Å². The fourth-order valence-electron chi connectivity index (χ4n) is 2.67. The molecule has 1 aliphatic rings. The van der Waals surface area contributed by atoms with Crippen LogP contribution in [0.3, 0.4) is 0 Å². The van der Waals surface area contributed by atoms with E-state index in [1.165, 1.54) is 12.8 Å². The van der Waals surface area contributed by atoms with Crippen LogP contribution in [-0.2, 0) is 9.59 Å². The molecule has 3 heteroatoms. The summed E-state index contributed by atoms with van der Waals surface area (Å²) in [5.74, 6) is 0.388. The van der Waals surface area contributed by atoms with Crippen molar-refractivity contribution in [3.8, 4) is 0 Å². The zero-order valence-corrected chi connectivity index (χ0v) is 14.2. The second kappa shape index (κ2) is 11.2. The summed E-state index contributed by atoms with van der Waals surface area (Å²) in [6.07, 6.45) is 16.6. The molecule has 0 spiro atoms. The third kappa shape index (κ3) is 7.06. The van der Waals surface area contributed by atoms with Crippen LogP contribution in [0.1, 0.15) is 71.6 Å². The van der Waals surface area contributed by atoms with E-state index in [0.29, 0.717) is 19.4 Å². The van der Waals surface area contributed by atoms with Gasteiger partial charge in [-0.2, -0.15) is 0 Å². The number of amides is 1. The Labute approximate surface area is 135 Å². The second-order valence-electron chi connectivity index (χ2n) is 6.05. The lowest BCUT2D eigenvalue weighted by Crippen LogP contribution is -2.31. The minimum absolute atomic E-state index is 0.0958. The molecule has 0 aromatic carbocycles. The number of hydrogen-bond acceptors (Lipinski definition) is 2. The molecule has 0 bridgehead atoms. The first-order valence-corrected chi connectivity index (χ1v) is 8.84. The third-order valence-electron chi connectivity index (χ3n) is 4.10. The molecule has 1 atom stereocenters. The van der Waals surface area contributed by atoms with Gasteiger partial charge in [0.2, 0.25) is 5.91 Å². The van der Waals surface area contributed by atoms with Crippen molar-refractivity contribution in [3.63, 3.8) is 0 Å². The maximum atomic E-state index is 11.9. The number of nitrogens with zero attached hydrogens (tertiary/aromatic N) is 1. The van der Waals surface area contributed by atoms with Gasteiger partial charge in [-0.15, -0.1) is 0 Å². The zero-order chi connectivity index (χ0) is 16.2. The van der Waals surface area contributed by atoms with E-state index < -0.39 is 0 Å². The van der Waals surface area contributed by atoms with Gasteiger partial charge in [-0.25, -0.2) is 0 Å². The molecule has 0 radical (unpaired) electrons. The van der Waals surface area contributed by atoms with Gasteiger partial charge in [0, 0.05) is 19.4 Å². The Hall–Kier alpha value is -1.38. The van der Waals surface area contributed by atoms with Crippen LogP contribution in [0.2, 0.25) is 0 Å². The Morgan fingerprint density at radius 2 is 1.95 bits per heavy atom. The Kier molecular flexibility index (Phi) is 9.52. The largest absolute Gasteiger partial charge is 0.333 e. The molecule has 0 N–H and O–H groups in total. The van der Waals surface area contributed by atoms with Gasteiger partial charge in [0.05, 0.1) is 6.04 Å². The number of ketones is 1. The third-order valence-corrected chi connectivity index (χ3v) is 4.10. The second-order valence-corrected chi connectivity index (χ2v) is 6.05. The first-order chi connectivity index (χ1) is 10.7. The van der Waals surface area contributed by atoms with E-state index in [0.717, 1.165) is 32.1 Å². The molecule has 1 saturated heterocycles. The molecule has 0 aromatic heterocycles. The molecule has 1 fully saturated rings. The van der Waals surface area contributed by atoms with E-state index in [9.17, 15) is 9.59 Å². The van der Waals surface area contributed by atoms with E-state index in [-0.39, 0.29) is 17.7 Å². The SMILES string of the molecule is CCCCC=CCN1C(=O)CCC1/C=C/C(=O)CCCCC. The predicted molar refractivity (Wildman–Crippen MR) is 91.7 cm³/mol. The summed E-state index contributed by atoms with van der Waals surface area (Å²) in [4.78, 5) is 25.6. The highest BCUT2D eigenvalue weighted by molar-refractivity contribution is 5.90. The number of likely N-dealkylation sites (tertiary alicyclic amines) is 1. The summed E-state index contributed by atoms with van der Waals surface area (Å²) in [5.41, 5.74) is 0. The molecule has 0 aromatic rings. The van der Waals surface area contributed by atoms with Crippen LogP contribution < -0.4 is 0 Å². The molecule has 1 heterocycles. The highest BCUT2D eigenvalue weighted by atomic mass is 16.2. The molecule has 0 aliphatic carbocycles. The van der Waals surface area contributed by atoms with Crippen molar-refractivity contribution < 1.29 is 9.59 Å². The molecule has 0 saturated carbocycles. The van der Waals surface area contributed by atoms with Crippen molar-refractivity contribution in [2.75, 3.05) is 6.54 Å². The number of carbonyl (C=O) groups excluding carboxylic acids is 2. The number of allylic oxidation sites excluding steroid dienone is 2. The molecule has 1 rings (SSSR count). The van der Waals surface area contributed by atoms with Crippen LogP contribution in [-0.4, -0.2) is 29.2 Å². The predicted octanol–water partition coefficient (Wildman–Crippen LogP) is 4.43. The van der Waals surface area contributed by atoms with Crippen molar-refractivity contribution >= 4 is 11.7 Å². The summed E-state index contributed by atoms with van der Waals surface area (Å²) < 4.78 is 0. The first kappa shape index (κ1) is 18.7. The lowest BCUT2D eigenvalue weighted by atomic mass is 10.1. The topological polar surface area (TPSA) is 37.4 Å². The molecular weight excluding hydrogens is 274 g/mol. The Morgan fingerprint density at radius 1 is 1.18 bits per heavy atom. The lowest BCUT2D eigenvalue weighted by molar-refractivity contribution is -0.128. The highest BCUT2D eigenvalue weighted by Gasteiger charge is 2.27. The van der Waals surface area contributed by atoms with Crippen LogP contribution in [0.5, 0.6) is 0 Å². The Balaban J connectivity index is 2.41. The maximum Gasteiger partial charge on any atom is 0.223 e. The number of rotatable bonds is 11. The van der Waals surface area contributed by atoms with Crippen molar-refractivity contribution in [2.24, 2.45) is 0 Å². The molecule has 124 valence electrons. The summed E-state index contributed by atoms with van der Waals surface area (Å²) in [7, 11) is 0. The number of unbranched alkanes of at least 4 members (excludes halogenated alkanes) is 4. The van der Waals surface area contributed by atoms with Gasteiger partial charge in [0.25, 0.3) is 0 Å². The minimum atomic E-state index is 0.0958. The van der Waals surface area contributed by atoms with Gasteiger partial charge in [0.15, 0.2) is 5.78 Å². The van der Waals surface area contributed by atoms with E-state index >= 15 is 0 Å². The Morgan fingerprint density at radius 3 is 2.68 bits per heavy atom. The Bertz CT molecular complexity index is 398. The lowest BCUT2D eigenvalue weighted by Gasteiger charge is -2.20. The maximum absolute atomic E-state index is 11.9. The molecule has 3 nitrogen and oxygen atoms in total. The van der Waals surface area contributed by atoms with Gasteiger partial charge >= 0.3 is 0 Å². The highest BCUT2D eigenvalue weighted by Crippen LogP contribution is 2.20. The van der Waals surface area contributed by atoms with Crippen LogP contribution in [0.15, 0.2) is 24.3 Å². The molecule has 1 aliphatic heterocycles. The number of carbonyl (C=O) groups is 2. The first-order valence-electron chi connectivity index (χ1n) is 8.84. The molecule has 22 heavy (non-hydrogen) atoms. The van der Waals surface area contributed by atoms with Crippen LogP contribution in [0.25, 0.3) is 0 Å². The zero-order valence-electron chi connectivity index (χ0n) is 14.2. The van der Waals surface area contributed by atoms with Crippen molar-refractivity contribution in [2.45, 2.75) is 77.7 Å². The molecule has 1 unspecified atom stereocenters. The fourth-order valence-corrected chi connectivity index (χ4v) is 2.67. The van der Waals surface area contributed by atoms with Crippen molar-refractivity contribution in [3.05, 3.63) is 24.3 Å². The van der Waals surface area contributed by atoms with E-state index in [2.05, 4.69) is 26.0 Å². The van der Waals surface area contributed by atoms with Crippen LogP contribution in [0.4, 0.5) is 0 Å². The monoisotopic (exact) mass is 305 g/mol. The minimum Gasteiger partial charge on any atom is -0.333 e. The number of hydrogen-bond donors (Lipinski definition) is 0. The van der Waals surface area contributed by atoms with E-state index in [4.69, 9.17) is 0 Å². The molecular formula is C19H31NO2. The van der Waals surface area contributed by atoms with Crippen molar-refractivity contribution in [1.82, 2.24) is 4.90 Å². The molecule has 1 amide bonds.